The minimum Gasteiger partial charge on any atom is -0.309 e. The Labute approximate surface area is 242 Å². The first-order valence-corrected chi connectivity index (χ1v) is 15.1. The minimum absolute atomic E-state index is 0.141. The first-order chi connectivity index (χ1) is 20.1. The molecular formula is C39H27NS. The lowest BCUT2D eigenvalue weighted by Crippen LogP contribution is -2.16. The fourth-order valence-electron chi connectivity index (χ4n) is 7.38. The molecule has 0 radical (unpaired) electrons. The lowest BCUT2D eigenvalue weighted by Gasteiger charge is -2.24. The van der Waals surface area contributed by atoms with E-state index in [1.807, 2.05) is 11.3 Å². The van der Waals surface area contributed by atoms with Crippen LogP contribution in [-0.2, 0) is 5.41 Å². The molecule has 0 fully saturated rings. The fourth-order valence-corrected chi connectivity index (χ4v) is 8.65. The van der Waals surface area contributed by atoms with Gasteiger partial charge in [-0.15, -0.1) is 11.3 Å². The lowest BCUT2D eigenvalue weighted by atomic mass is 9.81. The zero-order valence-corrected chi connectivity index (χ0v) is 23.8. The molecule has 2 heteroatoms. The van der Waals surface area contributed by atoms with Crippen molar-refractivity contribution in [2.24, 2.45) is 0 Å². The number of nitrogens with zero attached hydrogens (tertiary/aromatic N) is 1. The van der Waals surface area contributed by atoms with Crippen LogP contribution >= 0.6 is 11.3 Å². The van der Waals surface area contributed by atoms with Crippen LogP contribution in [0.15, 0.2) is 127 Å². The van der Waals surface area contributed by atoms with Gasteiger partial charge in [0.25, 0.3) is 0 Å². The van der Waals surface area contributed by atoms with Crippen LogP contribution < -0.4 is 0 Å². The van der Waals surface area contributed by atoms with Gasteiger partial charge < -0.3 is 4.57 Å². The zero-order chi connectivity index (χ0) is 27.3. The number of fused-ring (bicyclic) bond motifs is 12. The highest BCUT2D eigenvalue weighted by Gasteiger charge is 2.40. The van der Waals surface area contributed by atoms with Crippen LogP contribution in [0.2, 0.25) is 0 Å². The van der Waals surface area contributed by atoms with E-state index >= 15 is 0 Å². The second kappa shape index (κ2) is 8.19. The van der Waals surface area contributed by atoms with Gasteiger partial charge in [0.2, 0.25) is 0 Å². The third-order valence-electron chi connectivity index (χ3n) is 9.16. The summed E-state index contributed by atoms with van der Waals surface area (Å²) in [6.07, 6.45) is 0. The normalized spacial score (nSPS) is 13.8. The number of hydrogen-bond acceptors (Lipinski definition) is 1. The van der Waals surface area contributed by atoms with E-state index < -0.39 is 0 Å². The van der Waals surface area contributed by atoms with Crippen LogP contribution in [0, 0.1) is 0 Å². The number of aromatic nitrogens is 1. The van der Waals surface area contributed by atoms with Crippen molar-refractivity contribution in [3.8, 4) is 27.9 Å². The standard InChI is InChI=1S/C39H27NS/c1-39(2)30-17-9-6-14-27(30)33-34-29-16-8-11-19-32(29)41-38(34)35-28-15-7-10-18-31(28)40(37(35)36(33)39)26-22-20-25(21-23-26)24-12-4-3-5-13-24/h3-23H,1-2H3. The Balaban J connectivity index is 1.49. The lowest BCUT2D eigenvalue weighted by molar-refractivity contribution is 0.664. The third-order valence-corrected chi connectivity index (χ3v) is 10.3. The molecule has 8 aromatic rings. The van der Waals surface area contributed by atoms with E-state index in [0.717, 1.165) is 0 Å². The molecule has 194 valence electrons. The molecule has 2 heterocycles. The van der Waals surface area contributed by atoms with Crippen LogP contribution in [0.1, 0.15) is 25.0 Å². The number of rotatable bonds is 2. The fraction of sp³-hybridized carbons (Fsp3) is 0.0769. The Morgan fingerprint density at radius 1 is 0.585 bits per heavy atom. The molecule has 2 aromatic heterocycles. The van der Waals surface area contributed by atoms with Crippen molar-refractivity contribution in [1.82, 2.24) is 4.57 Å². The van der Waals surface area contributed by atoms with Crippen LogP contribution in [0.3, 0.4) is 0 Å². The van der Waals surface area contributed by atoms with Gasteiger partial charge in [-0.25, -0.2) is 0 Å². The summed E-state index contributed by atoms with van der Waals surface area (Å²) >= 11 is 1.94. The molecule has 9 rings (SSSR count). The zero-order valence-electron chi connectivity index (χ0n) is 23.0. The molecule has 0 saturated heterocycles. The number of benzene rings is 6. The quantitative estimate of drug-likeness (QED) is 0.205. The van der Waals surface area contributed by atoms with Gasteiger partial charge in [0.1, 0.15) is 0 Å². The molecule has 0 N–H and O–H groups in total. The molecule has 0 atom stereocenters. The summed E-state index contributed by atoms with van der Waals surface area (Å²) in [5.41, 5.74) is 11.8. The van der Waals surface area contributed by atoms with Crippen molar-refractivity contribution >= 4 is 53.3 Å². The summed E-state index contributed by atoms with van der Waals surface area (Å²) in [6, 6.07) is 46.8. The van der Waals surface area contributed by atoms with Gasteiger partial charge in [-0.1, -0.05) is 117 Å². The highest BCUT2D eigenvalue weighted by atomic mass is 32.1. The summed E-state index contributed by atoms with van der Waals surface area (Å²) in [4.78, 5) is 0. The van der Waals surface area contributed by atoms with Crippen molar-refractivity contribution in [2.75, 3.05) is 0 Å². The van der Waals surface area contributed by atoms with E-state index in [1.165, 1.54) is 81.0 Å². The van der Waals surface area contributed by atoms with E-state index in [0.29, 0.717) is 0 Å². The number of para-hydroxylation sites is 1. The van der Waals surface area contributed by atoms with Gasteiger partial charge >= 0.3 is 0 Å². The predicted octanol–water partition coefficient (Wildman–Crippen LogP) is 11.1. The predicted molar refractivity (Wildman–Crippen MR) is 177 cm³/mol. The molecule has 1 nitrogen and oxygen atoms in total. The van der Waals surface area contributed by atoms with Crippen LogP contribution in [0.4, 0.5) is 0 Å². The molecule has 41 heavy (non-hydrogen) atoms. The second-order valence-corrected chi connectivity index (χ2v) is 12.8. The Bertz CT molecular complexity index is 2310. The molecule has 6 aromatic carbocycles. The molecule has 0 bridgehead atoms. The molecular weight excluding hydrogens is 515 g/mol. The summed E-state index contributed by atoms with van der Waals surface area (Å²) in [6.45, 7) is 4.83. The van der Waals surface area contributed by atoms with Gasteiger partial charge in [-0.3, -0.25) is 0 Å². The highest BCUT2D eigenvalue weighted by molar-refractivity contribution is 7.27. The summed E-state index contributed by atoms with van der Waals surface area (Å²) in [5.74, 6) is 0. The van der Waals surface area contributed by atoms with E-state index in [1.54, 1.807) is 0 Å². The first-order valence-electron chi connectivity index (χ1n) is 14.3. The molecule has 0 saturated carbocycles. The maximum atomic E-state index is 2.54. The number of thiophene rings is 1. The summed E-state index contributed by atoms with van der Waals surface area (Å²) < 4.78 is 5.28. The molecule has 0 spiro atoms. The molecule has 1 aliphatic rings. The SMILES string of the molecule is CC1(C)c2ccccc2-c2c1c1c(c3ccccc3n1-c1ccc(-c3ccccc3)cc1)c1sc3ccccc3c21. The average molecular weight is 542 g/mol. The van der Waals surface area contributed by atoms with Gasteiger partial charge in [-0.05, 0) is 57.6 Å². The van der Waals surface area contributed by atoms with Crippen LogP contribution in [0.25, 0.3) is 69.9 Å². The van der Waals surface area contributed by atoms with Crippen molar-refractivity contribution < 1.29 is 0 Å². The van der Waals surface area contributed by atoms with E-state index in [-0.39, 0.29) is 5.41 Å². The highest BCUT2D eigenvalue weighted by Crippen LogP contribution is 2.58. The molecule has 1 aliphatic carbocycles. The van der Waals surface area contributed by atoms with Gasteiger partial charge in [0.05, 0.1) is 11.0 Å². The number of hydrogen-bond donors (Lipinski definition) is 0. The monoisotopic (exact) mass is 541 g/mol. The third kappa shape index (κ3) is 3.00. The first kappa shape index (κ1) is 23.1. The van der Waals surface area contributed by atoms with E-state index in [4.69, 9.17) is 0 Å². The van der Waals surface area contributed by atoms with Crippen LogP contribution in [-0.4, -0.2) is 4.57 Å². The Morgan fingerprint density at radius 2 is 1.24 bits per heavy atom. The topological polar surface area (TPSA) is 4.93 Å². The molecule has 0 aliphatic heterocycles. The largest absolute Gasteiger partial charge is 0.309 e. The molecule has 0 unspecified atom stereocenters. The van der Waals surface area contributed by atoms with E-state index in [9.17, 15) is 0 Å². The average Bonchev–Trinajstić information content (AvgIpc) is 3.64. The van der Waals surface area contributed by atoms with Crippen molar-refractivity contribution in [1.29, 1.82) is 0 Å². The Kier molecular flexibility index (Phi) is 4.61. The minimum atomic E-state index is -0.141. The van der Waals surface area contributed by atoms with Crippen molar-refractivity contribution in [3.05, 3.63) is 139 Å². The van der Waals surface area contributed by atoms with Gasteiger partial charge in [0.15, 0.2) is 0 Å². The van der Waals surface area contributed by atoms with Crippen molar-refractivity contribution in [2.45, 2.75) is 19.3 Å². The Hall–Kier alpha value is -4.66. The maximum Gasteiger partial charge on any atom is 0.0602 e. The van der Waals surface area contributed by atoms with Gasteiger partial charge in [-0.2, -0.15) is 0 Å². The second-order valence-electron chi connectivity index (χ2n) is 11.7. The summed E-state index contributed by atoms with van der Waals surface area (Å²) in [7, 11) is 0. The van der Waals surface area contributed by atoms with Gasteiger partial charge in [0, 0.05) is 42.0 Å². The Morgan fingerprint density at radius 3 is 2.07 bits per heavy atom. The molecule has 0 amide bonds. The smallest absolute Gasteiger partial charge is 0.0602 e. The maximum absolute atomic E-state index is 2.54. The van der Waals surface area contributed by atoms with Crippen molar-refractivity contribution in [3.63, 3.8) is 0 Å². The summed E-state index contributed by atoms with van der Waals surface area (Å²) in [5, 5.41) is 5.47. The van der Waals surface area contributed by atoms with Crippen LogP contribution in [0.5, 0.6) is 0 Å². The van der Waals surface area contributed by atoms with E-state index in [2.05, 4.69) is 146 Å².